The van der Waals surface area contributed by atoms with E-state index in [4.69, 9.17) is 0 Å². The van der Waals surface area contributed by atoms with Gasteiger partial charge in [-0.15, -0.1) is 11.3 Å². The molecule has 4 nitrogen and oxygen atoms in total. The molecule has 3 aromatic rings. The SMILES string of the molecule is Cc1ccc(NC(=O)/C(=C/c2cccs2)NC(=O)c2ccc(C)cc2)cc1. The summed E-state index contributed by atoms with van der Waals surface area (Å²) >= 11 is 1.49. The monoisotopic (exact) mass is 376 g/mol. The van der Waals surface area contributed by atoms with Crippen LogP contribution in [0.4, 0.5) is 5.69 Å². The molecule has 0 unspecified atom stereocenters. The lowest BCUT2D eigenvalue weighted by Crippen LogP contribution is -2.30. The fourth-order valence-corrected chi connectivity index (χ4v) is 3.07. The highest BCUT2D eigenvalue weighted by Gasteiger charge is 2.15. The zero-order valence-electron chi connectivity index (χ0n) is 15.2. The summed E-state index contributed by atoms with van der Waals surface area (Å²) in [6.45, 7) is 3.94. The molecule has 136 valence electrons. The molecule has 2 amide bonds. The second kappa shape index (κ2) is 8.47. The summed E-state index contributed by atoms with van der Waals surface area (Å²) in [5.41, 5.74) is 3.55. The van der Waals surface area contributed by atoms with Crippen LogP contribution in [0.1, 0.15) is 26.4 Å². The highest BCUT2D eigenvalue weighted by Crippen LogP contribution is 2.15. The molecule has 0 spiro atoms. The van der Waals surface area contributed by atoms with E-state index in [2.05, 4.69) is 10.6 Å². The maximum Gasteiger partial charge on any atom is 0.272 e. The number of aryl methyl sites for hydroxylation is 2. The Labute approximate surface area is 162 Å². The fraction of sp³-hybridized carbons (Fsp3) is 0.0909. The highest BCUT2D eigenvalue weighted by atomic mass is 32.1. The zero-order valence-corrected chi connectivity index (χ0v) is 16.0. The lowest BCUT2D eigenvalue weighted by atomic mass is 10.1. The quantitative estimate of drug-likeness (QED) is 0.630. The summed E-state index contributed by atoms with van der Waals surface area (Å²) in [6.07, 6.45) is 1.68. The van der Waals surface area contributed by atoms with Gasteiger partial charge < -0.3 is 10.6 Å². The first-order valence-corrected chi connectivity index (χ1v) is 9.40. The smallest absolute Gasteiger partial charge is 0.272 e. The normalized spacial score (nSPS) is 11.1. The van der Waals surface area contributed by atoms with Gasteiger partial charge in [0.05, 0.1) is 0 Å². The molecule has 1 heterocycles. The summed E-state index contributed by atoms with van der Waals surface area (Å²) < 4.78 is 0. The van der Waals surface area contributed by atoms with Crippen LogP contribution in [0.25, 0.3) is 6.08 Å². The van der Waals surface area contributed by atoms with Crippen molar-refractivity contribution in [1.82, 2.24) is 5.32 Å². The molecule has 1 aromatic heterocycles. The van der Waals surface area contributed by atoms with Crippen molar-refractivity contribution in [2.75, 3.05) is 5.32 Å². The Morgan fingerprint density at radius 2 is 1.52 bits per heavy atom. The van der Waals surface area contributed by atoms with Gasteiger partial charge in [-0.1, -0.05) is 41.5 Å². The van der Waals surface area contributed by atoms with Crippen molar-refractivity contribution in [1.29, 1.82) is 0 Å². The van der Waals surface area contributed by atoms with E-state index in [1.807, 2.05) is 67.8 Å². The van der Waals surface area contributed by atoms with Gasteiger partial charge in [-0.2, -0.15) is 0 Å². The minimum atomic E-state index is -0.368. The third-order valence-electron chi connectivity index (χ3n) is 3.95. The van der Waals surface area contributed by atoms with Gasteiger partial charge in [0.1, 0.15) is 5.70 Å². The van der Waals surface area contributed by atoms with Crippen molar-refractivity contribution in [2.45, 2.75) is 13.8 Å². The predicted molar refractivity (Wildman–Crippen MR) is 111 cm³/mol. The summed E-state index contributed by atoms with van der Waals surface area (Å²) in [5, 5.41) is 7.49. The molecule has 2 aromatic carbocycles. The highest BCUT2D eigenvalue weighted by molar-refractivity contribution is 7.10. The fourth-order valence-electron chi connectivity index (χ4n) is 2.41. The number of hydrogen-bond donors (Lipinski definition) is 2. The van der Waals surface area contributed by atoms with Crippen molar-refractivity contribution in [3.8, 4) is 0 Å². The summed E-state index contributed by atoms with van der Waals surface area (Å²) in [7, 11) is 0. The van der Waals surface area contributed by atoms with E-state index in [1.54, 1.807) is 18.2 Å². The topological polar surface area (TPSA) is 58.2 Å². The Balaban J connectivity index is 1.82. The van der Waals surface area contributed by atoms with Crippen LogP contribution in [0, 0.1) is 13.8 Å². The minimum absolute atomic E-state index is 0.198. The van der Waals surface area contributed by atoms with Crippen LogP contribution in [0.15, 0.2) is 71.7 Å². The number of carbonyl (C=O) groups excluding carboxylic acids is 2. The van der Waals surface area contributed by atoms with E-state index in [1.165, 1.54) is 11.3 Å². The molecular formula is C22H20N2O2S. The molecule has 0 radical (unpaired) electrons. The Bertz CT molecular complexity index is 957. The summed E-state index contributed by atoms with van der Waals surface area (Å²) in [4.78, 5) is 26.2. The standard InChI is InChI=1S/C22H20N2O2S/c1-15-5-9-17(10-6-15)21(25)24-20(14-19-4-3-13-27-19)22(26)23-18-11-7-16(2)8-12-18/h3-14H,1-2H3,(H,23,26)(H,24,25)/b20-14-. The lowest BCUT2D eigenvalue weighted by Gasteiger charge is -2.11. The molecule has 27 heavy (non-hydrogen) atoms. The number of thiophene rings is 1. The number of nitrogens with one attached hydrogen (secondary N) is 2. The van der Waals surface area contributed by atoms with Gasteiger partial charge in [0, 0.05) is 16.1 Å². The molecule has 0 saturated heterocycles. The molecule has 3 rings (SSSR count). The van der Waals surface area contributed by atoms with Crippen LogP contribution in [-0.2, 0) is 4.79 Å². The Kier molecular flexibility index (Phi) is 5.84. The number of carbonyl (C=O) groups is 2. The first kappa shape index (κ1) is 18.6. The number of benzene rings is 2. The van der Waals surface area contributed by atoms with Gasteiger partial charge in [-0.3, -0.25) is 9.59 Å². The maximum absolute atomic E-state index is 12.8. The van der Waals surface area contributed by atoms with Crippen molar-refractivity contribution in [3.63, 3.8) is 0 Å². The van der Waals surface area contributed by atoms with Crippen molar-refractivity contribution in [3.05, 3.63) is 93.3 Å². The van der Waals surface area contributed by atoms with Crippen molar-refractivity contribution in [2.24, 2.45) is 0 Å². The average molecular weight is 376 g/mol. The van der Waals surface area contributed by atoms with Gasteiger partial charge in [0.25, 0.3) is 11.8 Å². The first-order chi connectivity index (χ1) is 13.0. The van der Waals surface area contributed by atoms with Crippen LogP contribution in [-0.4, -0.2) is 11.8 Å². The summed E-state index contributed by atoms with van der Waals surface area (Å²) in [5.74, 6) is -0.690. The molecule has 5 heteroatoms. The van der Waals surface area contributed by atoms with Crippen LogP contribution in [0.3, 0.4) is 0 Å². The molecule has 2 N–H and O–H groups in total. The van der Waals surface area contributed by atoms with Gasteiger partial charge in [-0.25, -0.2) is 0 Å². The maximum atomic E-state index is 12.8. The zero-order chi connectivity index (χ0) is 19.2. The van der Waals surface area contributed by atoms with Crippen LogP contribution < -0.4 is 10.6 Å². The average Bonchev–Trinajstić information content (AvgIpc) is 3.16. The largest absolute Gasteiger partial charge is 0.321 e. The number of rotatable bonds is 5. The molecular weight excluding hydrogens is 356 g/mol. The van der Waals surface area contributed by atoms with E-state index in [0.717, 1.165) is 16.0 Å². The van der Waals surface area contributed by atoms with E-state index in [0.29, 0.717) is 11.3 Å². The molecule has 0 fully saturated rings. The van der Waals surface area contributed by atoms with Gasteiger partial charge in [-0.05, 0) is 55.6 Å². The van der Waals surface area contributed by atoms with Gasteiger partial charge in [0.15, 0.2) is 0 Å². The molecule has 0 bridgehead atoms. The second-order valence-electron chi connectivity index (χ2n) is 6.21. The van der Waals surface area contributed by atoms with Gasteiger partial charge in [0.2, 0.25) is 0 Å². The van der Waals surface area contributed by atoms with E-state index >= 15 is 0 Å². The van der Waals surface area contributed by atoms with Crippen LogP contribution in [0.5, 0.6) is 0 Å². The predicted octanol–water partition coefficient (Wildman–Crippen LogP) is 4.77. The Hall–Kier alpha value is -3.18. The molecule has 0 aliphatic heterocycles. The van der Waals surface area contributed by atoms with Crippen molar-refractivity contribution >= 4 is 34.9 Å². The number of hydrogen-bond acceptors (Lipinski definition) is 3. The first-order valence-electron chi connectivity index (χ1n) is 8.52. The Morgan fingerprint density at radius 1 is 0.889 bits per heavy atom. The van der Waals surface area contributed by atoms with E-state index in [-0.39, 0.29) is 17.5 Å². The van der Waals surface area contributed by atoms with E-state index < -0.39 is 0 Å². The number of amides is 2. The number of anilines is 1. The molecule has 0 aliphatic rings. The van der Waals surface area contributed by atoms with Crippen LogP contribution in [0.2, 0.25) is 0 Å². The van der Waals surface area contributed by atoms with Crippen LogP contribution >= 0.6 is 11.3 Å². The third-order valence-corrected chi connectivity index (χ3v) is 4.77. The lowest BCUT2D eigenvalue weighted by molar-refractivity contribution is -0.113. The molecule has 0 atom stereocenters. The van der Waals surface area contributed by atoms with E-state index in [9.17, 15) is 9.59 Å². The second-order valence-corrected chi connectivity index (χ2v) is 7.19. The molecule has 0 aliphatic carbocycles. The third kappa shape index (κ3) is 5.15. The molecule has 0 saturated carbocycles. The van der Waals surface area contributed by atoms with Gasteiger partial charge >= 0.3 is 0 Å². The van der Waals surface area contributed by atoms with Crippen molar-refractivity contribution < 1.29 is 9.59 Å². The minimum Gasteiger partial charge on any atom is -0.321 e. The summed E-state index contributed by atoms with van der Waals surface area (Å²) in [6, 6.07) is 18.5. The Morgan fingerprint density at radius 3 is 2.11 bits per heavy atom.